The Morgan fingerprint density at radius 1 is 0.677 bits per heavy atom. The van der Waals surface area contributed by atoms with Gasteiger partial charge in [-0.15, -0.1) is 0 Å². The zero-order chi connectivity index (χ0) is 22.6. The average Bonchev–Trinajstić information content (AvgIpc) is 3.52. The predicted molar refractivity (Wildman–Crippen MR) is 123 cm³/mol. The average molecular weight is 435 g/mol. The number of hydrogen-bond donors (Lipinski definition) is 2. The van der Waals surface area contributed by atoms with Crippen molar-refractivity contribution in [3.8, 4) is 0 Å². The van der Waals surface area contributed by atoms with Crippen molar-refractivity contribution in [3.05, 3.63) is 22.7 Å². The van der Waals surface area contributed by atoms with Crippen molar-refractivity contribution in [2.24, 2.45) is 0 Å². The SMILES string of the molecule is CCCC[C@@H]1O[C@@H]1CCCCCCCCCCCCCC1=C(O)C(=O)C(C)=C(O)C1=O. The first-order valence-corrected chi connectivity index (χ1v) is 12.5. The second-order valence-electron chi connectivity index (χ2n) is 9.24. The predicted octanol–water partition coefficient (Wildman–Crippen LogP) is 6.81. The summed E-state index contributed by atoms with van der Waals surface area (Å²) in [5.74, 6) is -2.24. The van der Waals surface area contributed by atoms with Gasteiger partial charge in [-0.25, -0.2) is 0 Å². The fourth-order valence-electron chi connectivity index (χ4n) is 4.41. The zero-order valence-electron chi connectivity index (χ0n) is 19.6. The summed E-state index contributed by atoms with van der Waals surface area (Å²) in [6, 6.07) is 0. The molecule has 0 saturated carbocycles. The number of epoxide rings is 1. The van der Waals surface area contributed by atoms with Crippen LogP contribution in [0.5, 0.6) is 0 Å². The maximum atomic E-state index is 12.0. The molecule has 2 aliphatic rings. The number of hydrogen-bond acceptors (Lipinski definition) is 5. The van der Waals surface area contributed by atoms with E-state index in [0.29, 0.717) is 18.6 Å². The van der Waals surface area contributed by atoms with Crippen LogP contribution in [-0.2, 0) is 14.3 Å². The molecule has 0 aromatic heterocycles. The molecule has 0 spiro atoms. The summed E-state index contributed by atoms with van der Waals surface area (Å²) in [4.78, 5) is 23.8. The monoisotopic (exact) mass is 434 g/mol. The van der Waals surface area contributed by atoms with E-state index < -0.39 is 23.1 Å². The first-order valence-electron chi connectivity index (χ1n) is 12.5. The lowest BCUT2D eigenvalue weighted by molar-refractivity contribution is -0.120. The second-order valence-corrected chi connectivity index (χ2v) is 9.24. The summed E-state index contributed by atoms with van der Waals surface area (Å²) >= 11 is 0. The summed E-state index contributed by atoms with van der Waals surface area (Å²) in [7, 11) is 0. The molecule has 1 aliphatic heterocycles. The molecule has 2 N–H and O–H groups in total. The van der Waals surface area contributed by atoms with E-state index in [-0.39, 0.29) is 11.1 Å². The molecular formula is C26H42O5. The summed E-state index contributed by atoms with van der Waals surface area (Å²) in [5, 5.41) is 19.6. The van der Waals surface area contributed by atoms with Gasteiger partial charge in [-0.2, -0.15) is 0 Å². The number of carbonyl (C=O) groups excluding carboxylic acids is 2. The molecule has 0 bridgehead atoms. The molecular weight excluding hydrogens is 392 g/mol. The summed E-state index contributed by atoms with van der Waals surface area (Å²) < 4.78 is 5.72. The van der Waals surface area contributed by atoms with Crippen molar-refractivity contribution < 1.29 is 24.5 Å². The first-order chi connectivity index (χ1) is 15.0. The Hall–Kier alpha value is -1.62. The standard InChI is InChI=1S/C26H42O5/c1-3-4-17-21-22(31-21)18-15-13-11-9-7-5-6-8-10-12-14-16-20-25(29)23(27)19(2)24(28)26(20)30/h21-22,27,30H,3-18H2,1-2H3/t21-,22+/m0/s1. The summed E-state index contributed by atoms with van der Waals surface area (Å²) in [6.07, 6.45) is 19.6. The first kappa shape index (κ1) is 25.6. The number of allylic oxidation sites excluding steroid dienone is 2. The fourth-order valence-corrected chi connectivity index (χ4v) is 4.41. The van der Waals surface area contributed by atoms with Gasteiger partial charge in [0, 0.05) is 11.1 Å². The minimum atomic E-state index is -0.635. The molecule has 5 heteroatoms. The van der Waals surface area contributed by atoms with Gasteiger partial charge in [-0.3, -0.25) is 9.59 Å². The molecule has 0 unspecified atom stereocenters. The molecule has 0 amide bonds. The second kappa shape index (κ2) is 13.7. The van der Waals surface area contributed by atoms with E-state index in [1.165, 1.54) is 84.0 Å². The Balaban J connectivity index is 1.38. The Morgan fingerprint density at radius 3 is 1.71 bits per heavy atom. The zero-order valence-corrected chi connectivity index (χ0v) is 19.6. The van der Waals surface area contributed by atoms with Crippen molar-refractivity contribution >= 4 is 11.6 Å². The van der Waals surface area contributed by atoms with Crippen LogP contribution in [0.2, 0.25) is 0 Å². The lowest BCUT2D eigenvalue weighted by Crippen LogP contribution is -2.22. The molecule has 0 aromatic carbocycles. The highest BCUT2D eigenvalue weighted by atomic mass is 16.6. The lowest BCUT2D eigenvalue weighted by atomic mass is 9.91. The van der Waals surface area contributed by atoms with E-state index in [1.807, 2.05) is 0 Å². The smallest absolute Gasteiger partial charge is 0.227 e. The number of ketones is 2. The summed E-state index contributed by atoms with van der Waals surface area (Å²) in [6.45, 7) is 3.59. The third-order valence-electron chi connectivity index (χ3n) is 6.63. The summed E-state index contributed by atoms with van der Waals surface area (Å²) in [5.41, 5.74) is -0.00273. The molecule has 1 saturated heterocycles. The van der Waals surface area contributed by atoms with Gasteiger partial charge in [0.05, 0.1) is 12.2 Å². The molecule has 31 heavy (non-hydrogen) atoms. The quantitative estimate of drug-likeness (QED) is 0.149. The maximum absolute atomic E-state index is 12.0. The minimum absolute atomic E-state index is 0.0674. The molecule has 1 fully saturated rings. The van der Waals surface area contributed by atoms with Gasteiger partial charge < -0.3 is 14.9 Å². The topological polar surface area (TPSA) is 87.1 Å². The minimum Gasteiger partial charge on any atom is -0.504 e. The van der Waals surface area contributed by atoms with Gasteiger partial charge in [0.2, 0.25) is 11.6 Å². The van der Waals surface area contributed by atoms with E-state index >= 15 is 0 Å². The Kier molecular flexibility index (Phi) is 11.3. The van der Waals surface area contributed by atoms with Crippen molar-refractivity contribution in [2.75, 3.05) is 0 Å². The molecule has 2 rings (SSSR count). The molecule has 0 radical (unpaired) electrons. The highest BCUT2D eigenvalue weighted by Crippen LogP contribution is 2.31. The number of unbranched alkanes of at least 4 members (excludes halogenated alkanes) is 11. The van der Waals surface area contributed by atoms with Gasteiger partial charge in [-0.1, -0.05) is 84.0 Å². The van der Waals surface area contributed by atoms with Gasteiger partial charge in [0.1, 0.15) is 0 Å². The number of aliphatic hydroxyl groups is 2. The Morgan fingerprint density at radius 2 is 1.16 bits per heavy atom. The van der Waals surface area contributed by atoms with Gasteiger partial charge in [0.15, 0.2) is 11.5 Å². The van der Waals surface area contributed by atoms with Crippen molar-refractivity contribution in [2.45, 2.75) is 129 Å². The number of ether oxygens (including phenoxy) is 1. The lowest BCUT2D eigenvalue weighted by Gasteiger charge is -2.15. The maximum Gasteiger partial charge on any atom is 0.227 e. The van der Waals surface area contributed by atoms with Gasteiger partial charge in [-0.05, 0) is 32.6 Å². The third-order valence-corrected chi connectivity index (χ3v) is 6.63. The van der Waals surface area contributed by atoms with Crippen molar-refractivity contribution in [3.63, 3.8) is 0 Å². The van der Waals surface area contributed by atoms with E-state index in [4.69, 9.17) is 4.74 Å². The van der Waals surface area contributed by atoms with Crippen LogP contribution in [0.1, 0.15) is 117 Å². The van der Waals surface area contributed by atoms with Crippen LogP contribution >= 0.6 is 0 Å². The molecule has 5 nitrogen and oxygen atoms in total. The highest BCUT2D eigenvalue weighted by molar-refractivity contribution is 6.22. The Bertz CT molecular complexity index is 661. The van der Waals surface area contributed by atoms with E-state index in [2.05, 4.69) is 6.92 Å². The highest BCUT2D eigenvalue weighted by Gasteiger charge is 2.36. The van der Waals surface area contributed by atoms with E-state index in [1.54, 1.807) is 0 Å². The van der Waals surface area contributed by atoms with Crippen molar-refractivity contribution in [1.29, 1.82) is 0 Å². The number of Topliss-reactive ketones (excluding diaryl/α,β-unsaturated/α-hetero) is 2. The van der Waals surface area contributed by atoms with Crippen LogP contribution in [-0.4, -0.2) is 34.0 Å². The van der Waals surface area contributed by atoms with Crippen molar-refractivity contribution in [1.82, 2.24) is 0 Å². The van der Waals surface area contributed by atoms with Crippen LogP contribution in [0.15, 0.2) is 22.7 Å². The molecule has 1 aliphatic carbocycles. The van der Waals surface area contributed by atoms with Crippen LogP contribution in [0.25, 0.3) is 0 Å². The number of carbonyl (C=O) groups is 2. The number of aliphatic hydroxyl groups excluding tert-OH is 2. The third kappa shape index (κ3) is 8.44. The largest absolute Gasteiger partial charge is 0.504 e. The Labute approximate surface area is 187 Å². The fraction of sp³-hybridized carbons (Fsp3) is 0.769. The number of rotatable bonds is 17. The van der Waals surface area contributed by atoms with Crippen LogP contribution in [0.3, 0.4) is 0 Å². The van der Waals surface area contributed by atoms with Crippen LogP contribution in [0, 0.1) is 0 Å². The van der Waals surface area contributed by atoms with Gasteiger partial charge in [0.25, 0.3) is 0 Å². The van der Waals surface area contributed by atoms with E-state index in [0.717, 1.165) is 19.3 Å². The van der Waals surface area contributed by atoms with Gasteiger partial charge >= 0.3 is 0 Å². The normalized spacial score (nSPS) is 21.4. The van der Waals surface area contributed by atoms with Crippen LogP contribution < -0.4 is 0 Å². The van der Waals surface area contributed by atoms with Crippen LogP contribution in [0.4, 0.5) is 0 Å². The molecule has 0 aromatic rings. The molecule has 2 atom stereocenters. The molecule has 1 heterocycles. The molecule has 176 valence electrons. The van der Waals surface area contributed by atoms with E-state index in [9.17, 15) is 19.8 Å².